The number of hydrogen-bond acceptors (Lipinski definition) is 2. The second-order valence-electron chi connectivity index (χ2n) is 5.24. The van der Waals surface area contributed by atoms with E-state index in [0.717, 1.165) is 28.5 Å². The fourth-order valence-electron chi connectivity index (χ4n) is 2.37. The molecule has 122 valence electrons. The van der Waals surface area contributed by atoms with Crippen molar-refractivity contribution >= 4 is 0 Å². The highest BCUT2D eigenvalue weighted by molar-refractivity contribution is 5.70. The van der Waals surface area contributed by atoms with E-state index >= 15 is 0 Å². The molecule has 0 aliphatic heterocycles. The Morgan fingerprint density at radius 3 is 1.58 bits per heavy atom. The summed E-state index contributed by atoms with van der Waals surface area (Å²) in [5.41, 5.74) is 2.62. The molecule has 1 heterocycles. The largest absolute Gasteiger partial charge is 0.497 e. The molecule has 0 amide bonds. The van der Waals surface area contributed by atoms with Crippen LogP contribution < -0.4 is 4.74 Å². The van der Waals surface area contributed by atoms with Gasteiger partial charge in [-0.15, -0.1) is 0 Å². The van der Waals surface area contributed by atoms with Crippen molar-refractivity contribution in [2.24, 2.45) is 0 Å². The van der Waals surface area contributed by atoms with E-state index in [0.29, 0.717) is 5.56 Å². The van der Waals surface area contributed by atoms with E-state index in [1.165, 1.54) is 12.3 Å². The topological polar surface area (TPSA) is 22.1 Å². The molecule has 0 bridgehead atoms. The quantitative estimate of drug-likeness (QED) is 0.638. The van der Waals surface area contributed by atoms with Gasteiger partial charge in [-0.05, 0) is 34.9 Å². The molecule has 2 aromatic carbocycles. The molecule has 3 aromatic rings. The van der Waals surface area contributed by atoms with Gasteiger partial charge >= 0.3 is 6.18 Å². The van der Waals surface area contributed by atoms with E-state index in [1.807, 2.05) is 48.5 Å². The third-order valence-electron chi connectivity index (χ3n) is 3.70. The number of pyridine rings is 1. The Morgan fingerprint density at radius 2 is 1.17 bits per heavy atom. The molecular weight excluding hydrogens is 315 g/mol. The zero-order valence-electron chi connectivity index (χ0n) is 12.8. The van der Waals surface area contributed by atoms with Crippen molar-refractivity contribution in [3.63, 3.8) is 0 Å². The first kappa shape index (κ1) is 16.1. The highest BCUT2D eigenvalue weighted by Gasteiger charge is 2.32. The summed E-state index contributed by atoms with van der Waals surface area (Å²) in [7, 11) is 1.61. The van der Waals surface area contributed by atoms with Crippen molar-refractivity contribution in [1.82, 2.24) is 4.98 Å². The molecule has 0 saturated heterocycles. The summed E-state index contributed by atoms with van der Waals surface area (Å²) in [6, 6.07) is 17.7. The number of nitrogens with zero attached hydrogens (tertiary/aromatic N) is 1. The van der Waals surface area contributed by atoms with Crippen LogP contribution in [0.3, 0.4) is 0 Å². The Kier molecular flexibility index (Phi) is 4.25. The first-order valence-corrected chi connectivity index (χ1v) is 7.25. The lowest BCUT2D eigenvalue weighted by Crippen LogP contribution is -2.07. The Hall–Kier alpha value is -2.82. The standard InChI is InChI=1S/C19H14F3NO/c1-24-17-9-6-14(7-10-17)13-2-4-15(5-3-13)16-8-11-18(23-12-16)19(20,21)22/h2-12H,1H3. The number of aromatic nitrogens is 1. The third kappa shape index (κ3) is 3.40. The normalized spacial score (nSPS) is 11.3. The van der Waals surface area contributed by atoms with Crippen LogP contribution in [0, 0.1) is 0 Å². The predicted octanol–water partition coefficient (Wildman–Crippen LogP) is 5.44. The molecule has 0 atom stereocenters. The number of ether oxygens (including phenoxy) is 1. The summed E-state index contributed by atoms with van der Waals surface area (Å²) in [6.45, 7) is 0. The van der Waals surface area contributed by atoms with Crippen LogP contribution in [-0.4, -0.2) is 12.1 Å². The number of hydrogen-bond donors (Lipinski definition) is 0. The molecule has 3 rings (SSSR count). The molecule has 0 radical (unpaired) electrons. The lowest BCUT2D eigenvalue weighted by Gasteiger charge is -2.08. The SMILES string of the molecule is COc1ccc(-c2ccc(-c3ccc(C(F)(F)F)nc3)cc2)cc1. The Morgan fingerprint density at radius 1 is 0.708 bits per heavy atom. The van der Waals surface area contributed by atoms with E-state index < -0.39 is 11.9 Å². The molecule has 0 unspecified atom stereocenters. The zero-order chi connectivity index (χ0) is 17.2. The lowest BCUT2D eigenvalue weighted by molar-refractivity contribution is -0.141. The second kappa shape index (κ2) is 6.35. The van der Waals surface area contributed by atoms with Gasteiger partial charge in [0.2, 0.25) is 0 Å². The van der Waals surface area contributed by atoms with Crippen molar-refractivity contribution < 1.29 is 17.9 Å². The second-order valence-corrected chi connectivity index (χ2v) is 5.24. The third-order valence-corrected chi connectivity index (χ3v) is 3.70. The van der Waals surface area contributed by atoms with Crippen LogP contribution >= 0.6 is 0 Å². The van der Waals surface area contributed by atoms with Crippen molar-refractivity contribution in [1.29, 1.82) is 0 Å². The Labute approximate surface area is 137 Å². The van der Waals surface area contributed by atoms with Crippen molar-refractivity contribution in [2.75, 3.05) is 7.11 Å². The fourth-order valence-corrected chi connectivity index (χ4v) is 2.37. The van der Waals surface area contributed by atoms with Crippen molar-refractivity contribution in [3.05, 3.63) is 72.6 Å². The maximum Gasteiger partial charge on any atom is 0.433 e. The van der Waals surface area contributed by atoms with Crippen LogP contribution in [0.4, 0.5) is 13.2 Å². The molecule has 0 aliphatic rings. The Balaban J connectivity index is 1.83. The first-order chi connectivity index (χ1) is 11.5. The van der Waals surface area contributed by atoms with Gasteiger partial charge in [-0.25, -0.2) is 0 Å². The van der Waals surface area contributed by atoms with Crippen LogP contribution in [0.1, 0.15) is 5.69 Å². The van der Waals surface area contributed by atoms with Gasteiger partial charge in [-0.1, -0.05) is 42.5 Å². The Bertz CT molecular complexity index is 807. The monoisotopic (exact) mass is 329 g/mol. The van der Waals surface area contributed by atoms with E-state index in [-0.39, 0.29) is 0 Å². The van der Waals surface area contributed by atoms with Gasteiger partial charge in [0, 0.05) is 11.8 Å². The van der Waals surface area contributed by atoms with Crippen LogP contribution in [-0.2, 0) is 6.18 Å². The van der Waals surface area contributed by atoms with Crippen LogP contribution in [0.5, 0.6) is 5.75 Å². The van der Waals surface area contributed by atoms with Crippen molar-refractivity contribution in [3.8, 4) is 28.0 Å². The smallest absolute Gasteiger partial charge is 0.433 e. The van der Waals surface area contributed by atoms with E-state index in [2.05, 4.69) is 4.98 Å². The predicted molar refractivity (Wildman–Crippen MR) is 86.7 cm³/mol. The molecule has 2 nitrogen and oxygen atoms in total. The highest BCUT2D eigenvalue weighted by atomic mass is 19.4. The summed E-state index contributed by atoms with van der Waals surface area (Å²) in [6.07, 6.45) is -3.18. The molecule has 5 heteroatoms. The maximum absolute atomic E-state index is 12.5. The fraction of sp³-hybridized carbons (Fsp3) is 0.105. The molecular formula is C19H14F3NO. The number of halogens is 3. The van der Waals surface area contributed by atoms with Gasteiger partial charge in [-0.2, -0.15) is 13.2 Å². The minimum Gasteiger partial charge on any atom is -0.497 e. The zero-order valence-corrected chi connectivity index (χ0v) is 12.8. The molecule has 0 saturated carbocycles. The van der Waals surface area contributed by atoms with Gasteiger partial charge in [0.25, 0.3) is 0 Å². The first-order valence-electron chi connectivity index (χ1n) is 7.25. The molecule has 1 aromatic heterocycles. The molecule has 0 fully saturated rings. The molecule has 0 N–H and O–H groups in total. The van der Waals surface area contributed by atoms with Crippen LogP contribution in [0.25, 0.3) is 22.3 Å². The average molecular weight is 329 g/mol. The van der Waals surface area contributed by atoms with E-state index in [1.54, 1.807) is 7.11 Å². The molecule has 0 aliphatic carbocycles. The highest BCUT2D eigenvalue weighted by Crippen LogP contribution is 2.30. The maximum atomic E-state index is 12.5. The minimum atomic E-state index is -4.42. The van der Waals surface area contributed by atoms with Crippen LogP contribution in [0.2, 0.25) is 0 Å². The van der Waals surface area contributed by atoms with E-state index in [4.69, 9.17) is 4.74 Å². The number of alkyl halides is 3. The van der Waals surface area contributed by atoms with Gasteiger partial charge in [0.1, 0.15) is 11.4 Å². The van der Waals surface area contributed by atoms with Gasteiger partial charge in [-0.3, -0.25) is 4.98 Å². The summed E-state index contributed by atoms with van der Waals surface area (Å²) in [5, 5.41) is 0. The summed E-state index contributed by atoms with van der Waals surface area (Å²) in [4.78, 5) is 3.49. The van der Waals surface area contributed by atoms with E-state index in [9.17, 15) is 13.2 Å². The minimum absolute atomic E-state index is 0.643. The summed E-state index contributed by atoms with van der Waals surface area (Å²) < 4.78 is 42.8. The van der Waals surface area contributed by atoms with Gasteiger partial charge < -0.3 is 4.74 Å². The van der Waals surface area contributed by atoms with Gasteiger partial charge in [0.05, 0.1) is 7.11 Å². The number of benzene rings is 2. The molecule has 0 spiro atoms. The number of rotatable bonds is 3. The van der Waals surface area contributed by atoms with Crippen molar-refractivity contribution in [2.45, 2.75) is 6.18 Å². The summed E-state index contributed by atoms with van der Waals surface area (Å²) >= 11 is 0. The average Bonchev–Trinajstić information content (AvgIpc) is 2.61. The molecule has 24 heavy (non-hydrogen) atoms. The van der Waals surface area contributed by atoms with Crippen LogP contribution in [0.15, 0.2) is 66.9 Å². The summed E-state index contributed by atoms with van der Waals surface area (Å²) in [5.74, 6) is 0.784. The lowest BCUT2D eigenvalue weighted by atomic mass is 10.0. The number of methoxy groups -OCH3 is 1. The van der Waals surface area contributed by atoms with Gasteiger partial charge in [0.15, 0.2) is 0 Å².